The van der Waals surface area contributed by atoms with Gasteiger partial charge in [-0.05, 0) is 31.9 Å². The van der Waals surface area contributed by atoms with E-state index in [-0.39, 0.29) is 11.8 Å². The third kappa shape index (κ3) is 3.51. The van der Waals surface area contributed by atoms with Gasteiger partial charge in [0.2, 0.25) is 10.0 Å². The smallest absolute Gasteiger partial charge is 0.211 e. The molecule has 0 bridgehead atoms. The normalized spacial score (nSPS) is 14.1. The fourth-order valence-corrected chi connectivity index (χ4v) is 2.06. The van der Waals surface area contributed by atoms with E-state index >= 15 is 0 Å². The molecule has 1 rings (SSSR count). The van der Waals surface area contributed by atoms with Gasteiger partial charge in [0, 0.05) is 6.04 Å². The third-order valence-electron chi connectivity index (χ3n) is 1.88. The Kier molecular flexibility index (Phi) is 3.71. The van der Waals surface area contributed by atoms with E-state index in [1.54, 1.807) is 19.5 Å². The van der Waals surface area contributed by atoms with Gasteiger partial charge in [0.15, 0.2) is 0 Å². The molecule has 1 unspecified atom stereocenters. The van der Waals surface area contributed by atoms with Crippen molar-refractivity contribution in [1.29, 1.82) is 0 Å². The zero-order valence-corrected chi connectivity index (χ0v) is 9.17. The van der Waals surface area contributed by atoms with Crippen molar-refractivity contribution in [3.05, 3.63) is 24.2 Å². The summed E-state index contributed by atoms with van der Waals surface area (Å²) in [6.07, 6.45) is 3.85. The SMILES string of the molecule is CCS(=O)(=O)NC(C)Cc1ccoc1. The summed E-state index contributed by atoms with van der Waals surface area (Å²) in [6.45, 7) is 3.45. The quantitative estimate of drug-likeness (QED) is 0.804. The predicted octanol–water partition coefficient (Wildman–Crippen LogP) is 1.15. The monoisotopic (exact) mass is 217 g/mol. The van der Waals surface area contributed by atoms with Crippen LogP contribution in [0.4, 0.5) is 0 Å². The molecule has 0 saturated heterocycles. The van der Waals surface area contributed by atoms with Gasteiger partial charge in [0.1, 0.15) is 0 Å². The zero-order chi connectivity index (χ0) is 10.6. The minimum Gasteiger partial charge on any atom is -0.472 e. The number of hydrogen-bond acceptors (Lipinski definition) is 3. The largest absolute Gasteiger partial charge is 0.472 e. The van der Waals surface area contributed by atoms with Crippen molar-refractivity contribution in [3.63, 3.8) is 0 Å². The van der Waals surface area contributed by atoms with Crippen molar-refractivity contribution in [1.82, 2.24) is 4.72 Å². The van der Waals surface area contributed by atoms with Crippen molar-refractivity contribution < 1.29 is 12.8 Å². The van der Waals surface area contributed by atoms with Gasteiger partial charge in [0.25, 0.3) is 0 Å². The van der Waals surface area contributed by atoms with Crippen molar-refractivity contribution in [2.45, 2.75) is 26.3 Å². The highest BCUT2D eigenvalue weighted by Gasteiger charge is 2.12. The van der Waals surface area contributed by atoms with Gasteiger partial charge in [0.05, 0.1) is 18.3 Å². The van der Waals surface area contributed by atoms with Crippen LogP contribution in [0.1, 0.15) is 19.4 Å². The molecule has 0 aliphatic heterocycles. The van der Waals surface area contributed by atoms with E-state index in [1.807, 2.05) is 13.0 Å². The van der Waals surface area contributed by atoms with Crippen molar-refractivity contribution in [3.8, 4) is 0 Å². The highest BCUT2D eigenvalue weighted by molar-refractivity contribution is 7.89. The lowest BCUT2D eigenvalue weighted by Crippen LogP contribution is -2.35. The fourth-order valence-electron chi connectivity index (χ4n) is 1.19. The van der Waals surface area contributed by atoms with E-state index in [0.29, 0.717) is 6.42 Å². The summed E-state index contributed by atoms with van der Waals surface area (Å²) < 4.78 is 29.9. The Hall–Kier alpha value is -0.810. The van der Waals surface area contributed by atoms with Crippen LogP contribution in [0.2, 0.25) is 0 Å². The first-order valence-electron chi connectivity index (χ1n) is 4.54. The summed E-state index contributed by atoms with van der Waals surface area (Å²) in [6, 6.07) is 1.73. The molecule has 0 saturated carbocycles. The Morgan fingerprint density at radius 3 is 2.79 bits per heavy atom. The second-order valence-electron chi connectivity index (χ2n) is 3.26. The van der Waals surface area contributed by atoms with Crippen LogP contribution in [0.15, 0.2) is 23.0 Å². The summed E-state index contributed by atoms with van der Waals surface area (Å²) in [7, 11) is -3.10. The Morgan fingerprint density at radius 2 is 2.29 bits per heavy atom. The van der Waals surface area contributed by atoms with Crippen LogP contribution < -0.4 is 4.72 Å². The second kappa shape index (κ2) is 4.61. The number of furan rings is 1. The van der Waals surface area contributed by atoms with Crippen molar-refractivity contribution in [2.24, 2.45) is 0 Å². The Balaban J connectivity index is 2.48. The molecule has 0 fully saturated rings. The van der Waals surface area contributed by atoms with Gasteiger partial charge in [-0.1, -0.05) is 0 Å². The number of hydrogen-bond donors (Lipinski definition) is 1. The van der Waals surface area contributed by atoms with E-state index in [0.717, 1.165) is 5.56 Å². The summed E-state index contributed by atoms with van der Waals surface area (Å²) in [4.78, 5) is 0. The molecule has 1 N–H and O–H groups in total. The fraction of sp³-hybridized carbons (Fsp3) is 0.556. The molecular weight excluding hydrogens is 202 g/mol. The minimum absolute atomic E-state index is 0.0995. The van der Waals surface area contributed by atoms with E-state index in [2.05, 4.69) is 4.72 Å². The van der Waals surface area contributed by atoms with Gasteiger partial charge in [-0.3, -0.25) is 0 Å². The van der Waals surface area contributed by atoms with Gasteiger partial charge < -0.3 is 4.42 Å². The second-order valence-corrected chi connectivity index (χ2v) is 5.30. The van der Waals surface area contributed by atoms with Gasteiger partial charge in [-0.2, -0.15) is 0 Å². The average molecular weight is 217 g/mol. The maximum atomic E-state index is 11.2. The van der Waals surface area contributed by atoms with Crippen LogP contribution in [0.25, 0.3) is 0 Å². The summed E-state index contributed by atoms with van der Waals surface area (Å²) in [5.74, 6) is 0.114. The Labute approximate surface area is 84.4 Å². The van der Waals surface area contributed by atoms with Crippen molar-refractivity contribution >= 4 is 10.0 Å². The first-order valence-corrected chi connectivity index (χ1v) is 6.20. The molecule has 5 heteroatoms. The number of rotatable bonds is 5. The highest BCUT2D eigenvalue weighted by atomic mass is 32.2. The van der Waals surface area contributed by atoms with Crippen LogP contribution in [-0.2, 0) is 16.4 Å². The molecule has 0 spiro atoms. The summed E-state index contributed by atoms with van der Waals surface area (Å²) in [5, 5.41) is 0. The maximum absolute atomic E-state index is 11.2. The lowest BCUT2D eigenvalue weighted by molar-refractivity contribution is 0.550. The molecule has 0 amide bonds. The molecule has 1 aromatic heterocycles. The molecule has 1 heterocycles. The van der Waals surface area contributed by atoms with Crippen LogP contribution in [0, 0.1) is 0 Å². The number of nitrogens with one attached hydrogen (secondary N) is 1. The first-order chi connectivity index (χ1) is 6.53. The molecule has 0 aliphatic rings. The molecule has 14 heavy (non-hydrogen) atoms. The first kappa shape index (κ1) is 11.3. The topological polar surface area (TPSA) is 59.3 Å². The zero-order valence-electron chi connectivity index (χ0n) is 8.36. The average Bonchev–Trinajstić information content (AvgIpc) is 2.55. The molecule has 4 nitrogen and oxygen atoms in total. The van der Waals surface area contributed by atoms with Crippen LogP contribution in [0.5, 0.6) is 0 Å². The standard InChI is InChI=1S/C9H15NO3S/c1-3-14(11,12)10-8(2)6-9-4-5-13-7-9/h4-5,7-8,10H,3,6H2,1-2H3. The Bertz CT molecular complexity index is 355. The van der Waals surface area contributed by atoms with Crippen LogP contribution in [0.3, 0.4) is 0 Å². The van der Waals surface area contributed by atoms with E-state index in [4.69, 9.17) is 4.42 Å². The lowest BCUT2D eigenvalue weighted by Gasteiger charge is -2.11. The Morgan fingerprint density at radius 1 is 1.57 bits per heavy atom. The minimum atomic E-state index is -3.10. The van der Waals surface area contributed by atoms with Crippen LogP contribution >= 0.6 is 0 Å². The molecule has 0 aliphatic carbocycles. The van der Waals surface area contributed by atoms with Gasteiger partial charge in [-0.15, -0.1) is 0 Å². The van der Waals surface area contributed by atoms with Gasteiger partial charge in [-0.25, -0.2) is 13.1 Å². The van der Waals surface area contributed by atoms with Crippen LogP contribution in [-0.4, -0.2) is 20.2 Å². The highest BCUT2D eigenvalue weighted by Crippen LogP contribution is 2.04. The molecule has 0 aromatic carbocycles. The molecule has 80 valence electrons. The van der Waals surface area contributed by atoms with Crippen molar-refractivity contribution in [2.75, 3.05) is 5.75 Å². The summed E-state index contributed by atoms with van der Waals surface area (Å²) >= 11 is 0. The predicted molar refractivity (Wildman–Crippen MR) is 54.5 cm³/mol. The lowest BCUT2D eigenvalue weighted by atomic mass is 10.1. The molecular formula is C9H15NO3S. The maximum Gasteiger partial charge on any atom is 0.211 e. The molecule has 1 aromatic rings. The van der Waals surface area contributed by atoms with E-state index in [9.17, 15) is 8.42 Å². The van der Waals surface area contributed by atoms with E-state index in [1.165, 1.54) is 0 Å². The molecule has 1 atom stereocenters. The third-order valence-corrected chi connectivity index (χ3v) is 3.40. The molecule has 0 radical (unpaired) electrons. The van der Waals surface area contributed by atoms with Gasteiger partial charge >= 0.3 is 0 Å². The summed E-state index contributed by atoms with van der Waals surface area (Å²) in [5.41, 5.74) is 0.997. The van der Waals surface area contributed by atoms with E-state index < -0.39 is 10.0 Å². The number of sulfonamides is 1.